The highest BCUT2D eigenvalue weighted by Gasteiger charge is 2.57. The summed E-state index contributed by atoms with van der Waals surface area (Å²) in [5.74, 6) is -2.03. The fourth-order valence-corrected chi connectivity index (χ4v) is 2.51. The standard InChI is InChI=1S/C15H16O5/c1-4-20-14(19)13(18)15(3)11(16)9-7-5-6-8(2)10(9)12(15)17/h5-7,13,18H,4H2,1-3H3. The van der Waals surface area contributed by atoms with Crippen molar-refractivity contribution in [3.8, 4) is 0 Å². The number of rotatable bonds is 3. The van der Waals surface area contributed by atoms with E-state index in [9.17, 15) is 19.5 Å². The van der Waals surface area contributed by atoms with Gasteiger partial charge in [0.1, 0.15) is 5.41 Å². The molecular weight excluding hydrogens is 260 g/mol. The number of ether oxygens (including phenoxy) is 1. The number of hydrogen-bond donors (Lipinski definition) is 1. The number of hydrogen-bond acceptors (Lipinski definition) is 5. The van der Waals surface area contributed by atoms with Gasteiger partial charge in [-0.15, -0.1) is 0 Å². The molecule has 2 rings (SSSR count). The third kappa shape index (κ3) is 1.78. The van der Waals surface area contributed by atoms with Crippen molar-refractivity contribution in [3.05, 3.63) is 34.9 Å². The van der Waals surface area contributed by atoms with Crippen molar-refractivity contribution < 1.29 is 24.2 Å². The Labute approximate surface area is 116 Å². The lowest BCUT2D eigenvalue weighted by molar-refractivity contribution is -0.156. The summed E-state index contributed by atoms with van der Waals surface area (Å²) in [4.78, 5) is 36.6. The van der Waals surface area contributed by atoms with Gasteiger partial charge in [0, 0.05) is 11.1 Å². The molecule has 0 fully saturated rings. The molecule has 0 heterocycles. The van der Waals surface area contributed by atoms with Crippen LogP contribution in [0.5, 0.6) is 0 Å². The Kier molecular flexibility index (Phi) is 3.48. The van der Waals surface area contributed by atoms with Gasteiger partial charge in [0.15, 0.2) is 17.7 Å². The van der Waals surface area contributed by atoms with Crippen molar-refractivity contribution in [1.82, 2.24) is 0 Å². The van der Waals surface area contributed by atoms with E-state index < -0.39 is 29.1 Å². The minimum absolute atomic E-state index is 0.0698. The highest BCUT2D eigenvalue weighted by molar-refractivity contribution is 6.31. The number of aliphatic hydroxyl groups excluding tert-OH is 1. The van der Waals surface area contributed by atoms with Crippen molar-refractivity contribution in [3.63, 3.8) is 0 Å². The lowest BCUT2D eigenvalue weighted by atomic mass is 9.79. The first-order valence-corrected chi connectivity index (χ1v) is 6.39. The van der Waals surface area contributed by atoms with Gasteiger partial charge in [-0.3, -0.25) is 9.59 Å². The van der Waals surface area contributed by atoms with Crippen molar-refractivity contribution in [2.45, 2.75) is 26.9 Å². The number of benzene rings is 1. The maximum absolute atomic E-state index is 12.5. The number of aryl methyl sites for hydroxylation is 1. The van der Waals surface area contributed by atoms with Gasteiger partial charge in [-0.1, -0.05) is 18.2 Å². The molecule has 0 aromatic heterocycles. The second kappa shape index (κ2) is 4.83. The van der Waals surface area contributed by atoms with Crippen LogP contribution in [0.4, 0.5) is 0 Å². The smallest absolute Gasteiger partial charge is 0.336 e. The van der Waals surface area contributed by atoms with Crippen LogP contribution in [0.1, 0.15) is 40.1 Å². The molecule has 106 valence electrons. The molecule has 1 aliphatic carbocycles. The summed E-state index contributed by atoms with van der Waals surface area (Å²) < 4.78 is 4.71. The molecule has 0 amide bonds. The van der Waals surface area contributed by atoms with Gasteiger partial charge in [-0.05, 0) is 26.3 Å². The van der Waals surface area contributed by atoms with Crippen LogP contribution >= 0.6 is 0 Å². The van der Waals surface area contributed by atoms with Crippen molar-refractivity contribution >= 4 is 17.5 Å². The first-order chi connectivity index (χ1) is 9.35. The van der Waals surface area contributed by atoms with Crippen molar-refractivity contribution in [1.29, 1.82) is 0 Å². The summed E-state index contributed by atoms with van der Waals surface area (Å²) in [6, 6.07) is 4.92. The Morgan fingerprint density at radius 1 is 1.35 bits per heavy atom. The molecule has 1 aliphatic rings. The number of aliphatic hydroxyl groups is 1. The van der Waals surface area contributed by atoms with E-state index in [-0.39, 0.29) is 17.7 Å². The van der Waals surface area contributed by atoms with Gasteiger partial charge in [0.05, 0.1) is 6.61 Å². The van der Waals surface area contributed by atoms with E-state index in [0.29, 0.717) is 5.56 Å². The Bertz CT molecular complexity index is 604. The summed E-state index contributed by atoms with van der Waals surface area (Å²) in [7, 11) is 0. The summed E-state index contributed by atoms with van der Waals surface area (Å²) >= 11 is 0. The zero-order chi connectivity index (χ0) is 15.1. The predicted molar refractivity (Wildman–Crippen MR) is 70.6 cm³/mol. The SMILES string of the molecule is CCOC(=O)C(O)C1(C)C(=O)c2cccc(C)c2C1=O. The molecule has 1 aromatic carbocycles. The van der Waals surface area contributed by atoms with Gasteiger partial charge in [-0.25, -0.2) is 4.79 Å². The van der Waals surface area contributed by atoms with Gasteiger partial charge in [0.2, 0.25) is 0 Å². The van der Waals surface area contributed by atoms with Crippen LogP contribution in [0.25, 0.3) is 0 Å². The first-order valence-electron chi connectivity index (χ1n) is 6.39. The van der Waals surface area contributed by atoms with Crippen molar-refractivity contribution in [2.24, 2.45) is 5.41 Å². The normalized spacial score (nSPS) is 22.6. The van der Waals surface area contributed by atoms with Gasteiger partial charge < -0.3 is 9.84 Å². The second-order valence-electron chi connectivity index (χ2n) is 5.01. The van der Waals surface area contributed by atoms with Crippen LogP contribution in [0.15, 0.2) is 18.2 Å². The van der Waals surface area contributed by atoms with Crippen LogP contribution in [0.2, 0.25) is 0 Å². The summed E-state index contributed by atoms with van der Waals surface area (Å²) in [6.45, 7) is 4.66. The van der Waals surface area contributed by atoms with Crippen LogP contribution in [-0.4, -0.2) is 35.4 Å². The monoisotopic (exact) mass is 276 g/mol. The molecule has 1 N–H and O–H groups in total. The molecule has 0 saturated heterocycles. The third-order valence-electron chi connectivity index (χ3n) is 3.74. The minimum Gasteiger partial charge on any atom is -0.464 e. The van der Waals surface area contributed by atoms with Crippen LogP contribution in [0.3, 0.4) is 0 Å². The Balaban J connectivity index is 2.51. The molecule has 0 saturated carbocycles. The Hall–Kier alpha value is -2.01. The molecule has 0 radical (unpaired) electrons. The van der Waals surface area contributed by atoms with Gasteiger partial charge in [-0.2, -0.15) is 0 Å². The van der Waals surface area contributed by atoms with Gasteiger partial charge >= 0.3 is 5.97 Å². The number of carbonyl (C=O) groups is 3. The zero-order valence-corrected chi connectivity index (χ0v) is 11.6. The topological polar surface area (TPSA) is 80.7 Å². The number of esters is 1. The molecular formula is C15H16O5. The molecule has 2 unspecified atom stereocenters. The summed E-state index contributed by atoms with van der Waals surface area (Å²) in [5.41, 5.74) is -0.620. The maximum Gasteiger partial charge on any atom is 0.336 e. The molecule has 2 atom stereocenters. The van der Waals surface area contributed by atoms with E-state index in [1.807, 2.05) is 0 Å². The van der Waals surface area contributed by atoms with E-state index in [4.69, 9.17) is 4.74 Å². The van der Waals surface area contributed by atoms with E-state index in [1.165, 1.54) is 13.0 Å². The first kappa shape index (κ1) is 14.4. The van der Waals surface area contributed by atoms with Gasteiger partial charge in [0.25, 0.3) is 0 Å². The van der Waals surface area contributed by atoms with E-state index in [2.05, 4.69) is 0 Å². The number of carbonyl (C=O) groups excluding carboxylic acids is 3. The molecule has 0 aliphatic heterocycles. The summed E-state index contributed by atoms with van der Waals surface area (Å²) in [5, 5.41) is 10.1. The molecule has 5 nitrogen and oxygen atoms in total. The minimum atomic E-state index is -1.80. The average Bonchev–Trinajstić information content (AvgIpc) is 2.62. The molecule has 20 heavy (non-hydrogen) atoms. The average molecular weight is 276 g/mol. The lowest BCUT2D eigenvalue weighted by Gasteiger charge is -2.25. The largest absolute Gasteiger partial charge is 0.464 e. The quantitative estimate of drug-likeness (QED) is 0.665. The molecule has 1 aromatic rings. The highest BCUT2D eigenvalue weighted by Crippen LogP contribution is 2.40. The van der Waals surface area contributed by atoms with Crippen LogP contribution in [0, 0.1) is 12.3 Å². The number of Topliss-reactive ketones (excluding diaryl/α,β-unsaturated/α-hetero) is 2. The van der Waals surface area contributed by atoms with E-state index in [1.54, 1.807) is 26.0 Å². The highest BCUT2D eigenvalue weighted by atomic mass is 16.5. The van der Waals surface area contributed by atoms with E-state index in [0.717, 1.165) is 0 Å². The van der Waals surface area contributed by atoms with Crippen molar-refractivity contribution in [2.75, 3.05) is 6.61 Å². The predicted octanol–water partition coefficient (Wildman–Crippen LogP) is 1.30. The zero-order valence-electron chi connectivity index (χ0n) is 11.6. The Morgan fingerprint density at radius 2 is 2.00 bits per heavy atom. The third-order valence-corrected chi connectivity index (χ3v) is 3.74. The molecule has 5 heteroatoms. The fourth-order valence-electron chi connectivity index (χ4n) is 2.51. The molecule has 0 spiro atoms. The Morgan fingerprint density at radius 3 is 2.55 bits per heavy atom. The second-order valence-corrected chi connectivity index (χ2v) is 5.01. The fraction of sp³-hybridized carbons (Fsp3) is 0.400. The van der Waals surface area contributed by atoms with Crippen LogP contribution < -0.4 is 0 Å². The lowest BCUT2D eigenvalue weighted by Crippen LogP contribution is -2.47. The van der Waals surface area contributed by atoms with E-state index >= 15 is 0 Å². The number of ketones is 2. The van der Waals surface area contributed by atoms with Crippen LogP contribution in [-0.2, 0) is 9.53 Å². The maximum atomic E-state index is 12.5. The number of fused-ring (bicyclic) bond motifs is 1. The molecule has 0 bridgehead atoms. The summed E-state index contributed by atoms with van der Waals surface area (Å²) in [6.07, 6.45) is -1.80.